The van der Waals surface area contributed by atoms with Crippen LogP contribution in [0.5, 0.6) is 0 Å². The van der Waals surface area contributed by atoms with Gasteiger partial charge in [-0.25, -0.2) is 4.79 Å². The van der Waals surface area contributed by atoms with Crippen molar-refractivity contribution in [2.75, 3.05) is 30.8 Å². The highest BCUT2D eigenvalue weighted by Gasteiger charge is 2.38. The molecule has 2 aliphatic rings. The normalized spacial score (nSPS) is 24.5. The average Bonchev–Trinajstić information content (AvgIpc) is 3.32. The highest BCUT2D eigenvalue weighted by atomic mass is 32.1. The Labute approximate surface area is 238 Å². The van der Waals surface area contributed by atoms with Crippen LogP contribution >= 0.6 is 18.9 Å². The molecule has 0 bridgehead atoms. The number of nitrogens with zero attached hydrogens (tertiary/aromatic N) is 1. The van der Waals surface area contributed by atoms with E-state index in [0.717, 1.165) is 56.2 Å². The van der Waals surface area contributed by atoms with E-state index in [1.54, 1.807) is 0 Å². The first-order valence-electron chi connectivity index (χ1n) is 14.7. The summed E-state index contributed by atoms with van der Waals surface area (Å²) in [7, 11) is -3.08. The molecular weight excluding hydrogens is 535 g/mol. The van der Waals surface area contributed by atoms with E-state index in [9.17, 15) is 19.3 Å². The molecule has 0 spiro atoms. The van der Waals surface area contributed by atoms with Crippen molar-refractivity contribution >= 4 is 36.5 Å². The summed E-state index contributed by atoms with van der Waals surface area (Å²) in [5.41, 5.74) is 0.373. The van der Waals surface area contributed by atoms with E-state index >= 15 is 0 Å². The van der Waals surface area contributed by atoms with E-state index in [4.69, 9.17) is 9.05 Å². The second-order valence-electron chi connectivity index (χ2n) is 12.2. The van der Waals surface area contributed by atoms with Crippen molar-refractivity contribution in [1.29, 1.82) is 0 Å². The standard InChI is InChI=1S/C29H49N2O6PS/c1-7-36-38(35,37-8-2)18-17-30-22-13-15-23(16-14-22)31(27(32)21-11-9-20(3)10-12-21)24-19-25(29(4,5)6)39-26(24)28(33)34/h19-23,30H,7-18H2,1-6H3,(H,33,34). The summed E-state index contributed by atoms with van der Waals surface area (Å²) in [6, 6.07) is 2.17. The van der Waals surface area contributed by atoms with Crippen LogP contribution in [-0.2, 0) is 23.8 Å². The van der Waals surface area contributed by atoms with Gasteiger partial charge >= 0.3 is 13.6 Å². The lowest BCUT2D eigenvalue weighted by Crippen LogP contribution is -2.48. The Balaban J connectivity index is 1.76. The highest BCUT2D eigenvalue weighted by molar-refractivity contribution is 7.53. The van der Waals surface area contributed by atoms with Crippen molar-refractivity contribution in [3.05, 3.63) is 15.8 Å². The number of nitrogens with one attached hydrogen (secondary N) is 1. The molecule has 2 aliphatic carbocycles. The van der Waals surface area contributed by atoms with Crippen molar-refractivity contribution in [2.45, 2.75) is 110 Å². The molecule has 10 heteroatoms. The summed E-state index contributed by atoms with van der Waals surface area (Å²) in [6.45, 7) is 13.4. The monoisotopic (exact) mass is 584 g/mol. The quantitative estimate of drug-likeness (QED) is 0.253. The fourth-order valence-corrected chi connectivity index (χ4v) is 8.35. The molecule has 1 aromatic heterocycles. The first-order valence-corrected chi connectivity index (χ1v) is 17.2. The zero-order valence-corrected chi connectivity index (χ0v) is 26.4. The molecule has 39 heavy (non-hydrogen) atoms. The Morgan fingerprint density at radius 2 is 1.64 bits per heavy atom. The van der Waals surface area contributed by atoms with Crippen LogP contribution in [0.2, 0.25) is 0 Å². The number of thiophene rings is 1. The minimum atomic E-state index is -3.08. The molecule has 8 nitrogen and oxygen atoms in total. The Bertz CT molecular complexity index is 996. The number of carbonyl (C=O) groups is 2. The number of carbonyl (C=O) groups excluding carboxylic acids is 1. The summed E-state index contributed by atoms with van der Waals surface area (Å²) in [5.74, 6) is -0.298. The number of rotatable bonds is 12. The van der Waals surface area contributed by atoms with E-state index in [1.807, 2.05) is 24.8 Å². The van der Waals surface area contributed by atoms with Crippen molar-refractivity contribution in [2.24, 2.45) is 11.8 Å². The fraction of sp³-hybridized carbons (Fsp3) is 0.793. The molecule has 1 amide bonds. The number of anilines is 1. The highest BCUT2D eigenvalue weighted by Crippen LogP contribution is 2.47. The van der Waals surface area contributed by atoms with Gasteiger partial charge in [0.25, 0.3) is 0 Å². The van der Waals surface area contributed by atoms with Crippen molar-refractivity contribution < 1.29 is 28.3 Å². The predicted molar refractivity (Wildman–Crippen MR) is 158 cm³/mol. The molecule has 0 saturated heterocycles. The van der Waals surface area contributed by atoms with Gasteiger partial charge in [0.1, 0.15) is 4.88 Å². The Kier molecular flexibility index (Phi) is 11.7. The van der Waals surface area contributed by atoms with Gasteiger partial charge in [0.15, 0.2) is 0 Å². The van der Waals surface area contributed by atoms with Gasteiger partial charge in [0.05, 0.1) is 25.1 Å². The summed E-state index contributed by atoms with van der Waals surface area (Å²) < 4.78 is 23.6. The van der Waals surface area contributed by atoms with Crippen molar-refractivity contribution in [3.63, 3.8) is 0 Å². The summed E-state index contributed by atoms with van der Waals surface area (Å²) in [6.07, 6.45) is 7.45. The average molecular weight is 585 g/mol. The lowest BCUT2D eigenvalue weighted by atomic mass is 9.81. The third-order valence-corrected chi connectivity index (χ3v) is 11.7. The molecular formula is C29H49N2O6PS. The molecule has 2 fully saturated rings. The van der Waals surface area contributed by atoms with Gasteiger partial charge in [-0.3, -0.25) is 9.36 Å². The van der Waals surface area contributed by atoms with E-state index < -0.39 is 13.6 Å². The topological polar surface area (TPSA) is 105 Å². The van der Waals surface area contributed by atoms with Gasteiger partial charge in [-0.15, -0.1) is 11.3 Å². The Morgan fingerprint density at radius 3 is 2.15 bits per heavy atom. The molecule has 0 atom stereocenters. The van der Waals surface area contributed by atoms with E-state index in [1.165, 1.54) is 11.3 Å². The number of hydrogen-bond acceptors (Lipinski definition) is 7. The number of hydrogen-bond donors (Lipinski definition) is 2. The van der Waals surface area contributed by atoms with E-state index in [-0.39, 0.29) is 34.2 Å². The molecule has 2 saturated carbocycles. The number of aromatic carboxylic acids is 1. The molecule has 0 aromatic carbocycles. The molecule has 1 aromatic rings. The van der Waals surface area contributed by atoms with Gasteiger partial charge < -0.3 is 24.4 Å². The minimum absolute atomic E-state index is 0.0339. The second kappa shape index (κ2) is 14.1. The number of carboxylic acids is 1. The molecule has 1 heterocycles. The summed E-state index contributed by atoms with van der Waals surface area (Å²) in [5, 5.41) is 13.6. The lowest BCUT2D eigenvalue weighted by molar-refractivity contribution is -0.124. The van der Waals surface area contributed by atoms with Crippen LogP contribution in [0, 0.1) is 11.8 Å². The first-order chi connectivity index (χ1) is 18.4. The third-order valence-electron chi connectivity index (χ3n) is 8.04. The van der Waals surface area contributed by atoms with Crippen LogP contribution in [0.25, 0.3) is 0 Å². The Morgan fingerprint density at radius 1 is 1.05 bits per heavy atom. The predicted octanol–water partition coefficient (Wildman–Crippen LogP) is 7.07. The van der Waals surface area contributed by atoms with Crippen molar-refractivity contribution in [1.82, 2.24) is 5.32 Å². The first kappa shape index (κ1) is 32.3. The molecule has 0 radical (unpaired) electrons. The van der Waals surface area contributed by atoms with E-state index in [0.29, 0.717) is 37.5 Å². The Hall–Kier alpha value is -1.25. The number of carboxylic acid groups (broad SMARTS) is 1. The molecule has 0 aliphatic heterocycles. The van der Waals surface area contributed by atoms with Crippen LogP contribution in [0.4, 0.5) is 5.69 Å². The zero-order valence-electron chi connectivity index (χ0n) is 24.7. The van der Waals surface area contributed by atoms with Gasteiger partial charge in [-0.2, -0.15) is 0 Å². The van der Waals surface area contributed by atoms with Crippen LogP contribution in [0.3, 0.4) is 0 Å². The smallest absolute Gasteiger partial charge is 0.348 e. The molecule has 222 valence electrons. The molecule has 3 rings (SSSR count). The van der Waals surface area contributed by atoms with Crippen LogP contribution < -0.4 is 10.2 Å². The maximum atomic E-state index is 14.1. The van der Waals surface area contributed by atoms with Gasteiger partial charge in [-0.05, 0) is 82.6 Å². The van der Waals surface area contributed by atoms with Gasteiger partial charge in [-0.1, -0.05) is 27.7 Å². The summed E-state index contributed by atoms with van der Waals surface area (Å²) in [4.78, 5) is 29.6. The SMILES string of the molecule is CCOP(=O)(CCNC1CCC(N(C(=O)C2CCC(C)CC2)c2cc(C(C)(C)C)sc2C(=O)O)CC1)OCC. The second-order valence-corrected chi connectivity index (χ2v) is 15.4. The van der Waals surface area contributed by atoms with Crippen LogP contribution in [-0.4, -0.2) is 55.0 Å². The van der Waals surface area contributed by atoms with Crippen LogP contribution in [0.15, 0.2) is 6.07 Å². The number of amides is 1. The lowest BCUT2D eigenvalue weighted by Gasteiger charge is -2.40. The largest absolute Gasteiger partial charge is 0.477 e. The maximum Gasteiger partial charge on any atom is 0.348 e. The van der Waals surface area contributed by atoms with Gasteiger partial charge in [0, 0.05) is 29.4 Å². The maximum absolute atomic E-state index is 14.1. The summed E-state index contributed by atoms with van der Waals surface area (Å²) >= 11 is 1.30. The third kappa shape index (κ3) is 8.62. The molecule has 2 N–H and O–H groups in total. The molecule has 0 unspecified atom stereocenters. The zero-order chi connectivity index (χ0) is 28.8. The van der Waals surface area contributed by atoms with E-state index in [2.05, 4.69) is 33.0 Å². The minimum Gasteiger partial charge on any atom is -0.477 e. The van der Waals surface area contributed by atoms with Crippen LogP contribution in [0.1, 0.15) is 107 Å². The van der Waals surface area contributed by atoms with Crippen molar-refractivity contribution in [3.8, 4) is 0 Å². The van der Waals surface area contributed by atoms with Gasteiger partial charge in [0.2, 0.25) is 5.91 Å². The fourth-order valence-electron chi connectivity index (χ4n) is 5.79.